The summed E-state index contributed by atoms with van der Waals surface area (Å²) < 4.78 is 5.64. The largest absolute Gasteiger partial charge is 0.492 e. The van der Waals surface area contributed by atoms with Crippen LogP contribution in [-0.4, -0.2) is 12.6 Å². The van der Waals surface area contributed by atoms with E-state index in [1.165, 1.54) is 11.1 Å². The molecule has 2 N–H and O–H groups in total. The van der Waals surface area contributed by atoms with Gasteiger partial charge < -0.3 is 10.5 Å². The molecule has 0 radical (unpaired) electrons. The molecule has 0 heterocycles. The Hall–Kier alpha value is -1.80. The van der Waals surface area contributed by atoms with Crippen LogP contribution in [0.5, 0.6) is 5.75 Å². The number of rotatable bonds is 5. The van der Waals surface area contributed by atoms with E-state index in [9.17, 15) is 0 Å². The lowest BCUT2D eigenvalue weighted by molar-refractivity contribution is 0.287. The SMILES string of the molecule is Cc1ccc(CC(N)COc2ccccc2)cc1. The van der Waals surface area contributed by atoms with Crippen LogP contribution in [0.25, 0.3) is 0 Å². The van der Waals surface area contributed by atoms with Crippen molar-refractivity contribution in [2.45, 2.75) is 19.4 Å². The first kappa shape index (κ1) is 12.7. The zero-order valence-corrected chi connectivity index (χ0v) is 10.7. The van der Waals surface area contributed by atoms with Crippen LogP contribution in [-0.2, 0) is 6.42 Å². The Morgan fingerprint density at radius 2 is 1.67 bits per heavy atom. The molecule has 2 rings (SSSR count). The molecule has 2 nitrogen and oxygen atoms in total. The van der Waals surface area contributed by atoms with Crippen molar-refractivity contribution in [3.05, 3.63) is 65.7 Å². The van der Waals surface area contributed by atoms with E-state index < -0.39 is 0 Å². The van der Waals surface area contributed by atoms with Gasteiger partial charge >= 0.3 is 0 Å². The van der Waals surface area contributed by atoms with Crippen LogP contribution in [0.2, 0.25) is 0 Å². The number of hydrogen-bond donors (Lipinski definition) is 1. The Morgan fingerprint density at radius 1 is 1.00 bits per heavy atom. The van der Waals surface area contributed by atoms with Crippen LogP contribution >= 0.6 is 0 Å². The Labute approximate surface area is 108 Å². The van der Waals surface area contributed by atoms with Crippen molar-refractivity contribution in [2.24, 2.45) is 5.73 Å². The maximum absolute atomic E-state index is 6.07. The van der Waals surface area contributed by atoms with Gasteiger partial charge in [-0.15, -0.1) is 0 Å². The molecular weight excluding hydrogens is 222 g/mol. The van der Waals surface area contributed by atoms with Crippen molar-refractivity contribution in [1.29, 1.82) is 0 Å². The van der Waals surface area contributed by atoms with Crippen molar-refractivity contribution in [1.82, 2.24) is 0 Å². The van der Waals surface area contributed by atoms with E-state index in [2.05, 4.69) is 31.2 Å². The molecule has 0 aliphatic rings. The van der Waals surface area contributed by atoms with Gasteiger partial charge in [0.25, 0.3) is 0 Å². The molecule has 0 aliphatic carbocycles. The molecule has 0 saturated heterocycles. The fourth-order valence-corrected chi connectivity index (χ4v) is 1.81. The summed E-state index contributed by atoms with van der Waals surface area (Å²) in [6.45, 7) is 2.63. The average molecular weight is 241 g/mol. The highest BCUT2D eigenvalue weighted by molar-refractivity contribution is 5.23. The lowest BCUT2D eigenvalue weighted by atomic mass is 10.1. The third-order valence-electron chi connectivity index (χ3n) is 2.83. The Kier molecular flexibility index (Phi) is 4.37. The molecule has 0 amide bonds. The monoisotopic (exact) mass is 241 g/mol. The molecule has 1 atom stereocenters. The second-order valence-electron chi connectivity index (χ2n) is 4.57. The van der Waals surface area contributed by atoms with Gasteiger partial charge in [0, 0.05) is 6.04 Å². The van der Waals surface area contributed by atoms with E-state index in [1.807, 2.05) is 30.3 Å². The summed E-state index contributed by atoms with van der Waals surface area (Å²) in [4.78, 5) is 0. The lowest BCUT2D eigenvalue weighted by Gasteiger charge is -2.13. The summed E-state index contributed by atoms with van der Waals surface area (Å²) in [5.41, 5.74) is 8.59. The number of hydrogen-bond acceptors (Lipinski definition) is 2. The van der Waals surface area contributed by atoms with E-state index in [4.69, 9.17) is 10.5 Å². The normalized spacial score (nSPS) is 12.1. The molecule has 0 aliphatic heterocycles. The fourth-order valence-electron chi connectivity index (χ4n) is 1.81. The molecule has 0 aromatic heterocycles. The highest BCUT2D eigenvalue weighted by Crippen LogP contribution is 2.10. The fraction of sp³-hybridized carbons (Fsp3) is 0.250. The number of ether oxygens (including phenoxy) is 1. The predicted molar refractivity (Wildman–Crippen MR) is 74.8 cm³/mol. The van der Waals surface area contributed by atoms with Crippen molar-refractivity contribution in [3.63, 3.8) is 0 Å². The summed E-state index contributed by atoms with van der Waals surface area (Å²) in [6.07, 6.45) is 0.840. The summed E-state index contributed by atoms with van der Waals surface area (Å²) in [5, 5.41) is 0. The third-order valence-corrected chi connectivity index (χ3v) is 2.83. The van der Waals surface area contributed by atoms with Crippen LogP contribution < -0.4 is 10.5 Å². The maximum atomic E-state index is 6.07. The van der Waals surface area contributed by atoms with Gasteiger partial charge in [-0.1, -0.05) is 48.0 Å². The molecular formula is C16H19NO. The molecule has 2 aromatic carbocycles. The Bertz CT molecular complexity index is 464. The quantitative estimate of drug-likeness (QED) is 0.873. The molecule has 2 heteroatoms. The number of aryl methyl sites for hydroxylation is 1. The number of nitrogens with two attached hydrogens (primary N) is 1. The average Bonchev–Trinajstić information content (AvgIpc) is 2.40. The zero-order valence-electron chi connectivity index (χ0n) is 10.7. The van der Waals surface area contributed by atoms with Crippen LogP contribution in [0.3, 0.4) is 0 Å². The van der Waals surface area contributed by atoms with Gasteiger partial charge in [-0.05, 0) is 31.0 Å². The Balaban J connectivity index is 1.82. The second kappa shape index (κ2) is 6.22. The topological polar surface area (TPSA) is 35.2 Å². The minimum Gasteiger partial charge on any atom is -0.492 e. The molecule has 1 unspecified atom stereocenters. The molecule has 94 valence electrons. The highest BCUT2D eigenvalue weighted by Gasteiger charge is 2.05. The molecule has 0 spiro atoms. The van der Waals surface area contributed by atoms with Gasteiger partial charge in [0.2, 0.25) is 0 Å². The standard InChI is InChI=1S/C16H19NO/c1-13-7-9-14(10-8-13)11-15(17)12-18-16-5-3-2-4-6-16/h2-10,15H,11-12,17H2,1H3. The smallest absolute Gasteiger partial charge is 0.119 e. The maximum Gasteiger partial charge on any atom is 0.119 e. The van der Waals surface area contributed by atoms with Crippen molar-refractivity contribution < 1.29 is 4.74 Å². The van der Waals surface area contributed by atoms with Gasteiger partial charge in [0.05, 0.1) is 0 Å². The first-order valence-electron chi connectivity index (χ1n) is 6.23. The Morgan fingerprint density at radius 3 is 2.33 bits per heavy atom. The van der Waals surface area contributed by atoms with Crippen LogP contribution in [0.1, 0.15) is 11.1 Å². The first-order chi connectivity index (χ1) is 8.74. The molecule has 0 bridgehead atoms. The van der Waals surface area contributed by atoms with Crippen molar-refractivity contribution >= 4 is 0 Å². The van der Waals surface area contributed by atoms with Crippen molar-refractivity contribution in [2.75, 3.05) is 6.61 Å². The summed E-state index contributed by atoms with van der Waals surface area (Å²) >= 11 is 0. The van der Waals surface area contributed by atoms with Crippen molar-refractivity contribution in [3.8, 4) is 5.75 Å². The number of benzene rings is 2. The highest BCUT2D eigenvalue weighted by atomic mass is 16.5. The third kappa shape index (κ3) is 3.90. The minimum atomic E-state index is 0.0212. The van der Waals surface area contributed by atoms with Gasteiger partial charge in [0.15, 0.2) is 0 Å². The molecule has 0 saturated carbocycles. The van der Waals surface area contributed by atoms with E-state index >= 15 is 0 Å². The van der Waals surface area contributed by atoms with Crippen LogP contribution in [0.15, 0.2) is 54.6 Å². The van der Waals surface area contributed by atoms with E-state index in [0.29, 0.717) is 6.61 Å². The van der Waals surface area contributed by atoms with Gasteiger partial charge in [-0.25, -0.2) is 0 Å². The van der Waals surface area contributed by atoms with E-state index in [1.54, 1.807) is 0 Å². The van der Waals surface area contributed by atoms with Gasteiger partial charge in [0.1, 0.15) is 12.4 Å². The summed E-state index contributed by atoms with van der Waals surface area (Å²) in [7, 11) is 0. The van der Waals surface area contributed by atoms with Crippen LogP contribution in [0.4, 0.5) is 0 Å². The first-order valence-corrected chi connectivity index (χ1v) is 6.23. The second-order valence-corrected chi connectivity index (χ2v) is 4.57. The molecule has 0 fully saturated rings. The predicted octanol–water partition coefficient (Wildman–Crippen LogP) is 2.94. The van der Waals surface area contributed by atoms with Gasteiger partial charge in [-0.3, -0.25) is 0 Å². The van der Waals surface area contributed by atoms with E-state index in [0.717, 1.165) is 12.2 Å². The van der Waals surface area contributed by atoms with Crippen LogP contribution in [0, 0.1) is 6.92 Å². The minimum absolute atomic E-state index is 0.0212. The molecule has 2 aromatic rings. The lowest BCUT2D eigenvalue weighted by Crippen LogP contribution is -2.30. The van der Waals surface area contributed by atoms with E-state index in [-0.39, 0.29) is 6.04 Å². The zero-order chi connectivity index (χ0) is 12.8. The number of para-hydroxylation sites is 1. The summed E-state index contributed by atoms with van der Waals surface area (Å²) in [5.74, 6) is 0.872. The van der Waals surface area contributed by atoms with Gasteiger partial charge in [-0.2, -0.15) is 0 Å². The summed E-state index contributed by atoms with van der Waals surface area (Å²) in [6, 6.07) is 18.3. The molecule has 18 heavy (non-hydrogen) atoms.